The van der Waals surface area contributed by atoms with Gasteiger partial charge in [-0.05, 0) is 12.8 Å². The molecular weight excluding hydrogens is 204 g/mol. The first kappa shape index (κ1) is 13.9. The van der Waals surface area contributed by atoms with Gasteiger partial charge in [0.1, 0.15) is 0 Å². The van der Waals surface area contributed by atoms with Gasteiger partial charge in [-0.2, -0.15) is 8.42 Å². The summed E-state index contributed by atoms with van der Waals surface area (Å²) in [7, 11) is -3.97. The molecule has 0 aromatic rings. The molecule has 0 amide bonds. The zero-order valence-corrected chi connectivity index (χ0v) is 9.46. The van der Waals surface area contributed by atoms with E-state index in [9.17, 15) is 8.42 Å². The third-order valence-corrected chi connectivity index (χ3v) is 3.57. The van der Waals surface area contributed by atoms with Crippen LogP contribution >= 0.6 is 0 Å². The van der Waals surface area contributed by atoms with Crippen LogP contribution in [0, 0.1) is 0 Å². The van der Waals surface area contributed by atoms with E-state index in [0.29, 0.717) is 6.42 Å². The maximum Gasteiger partial charge on any atom is 0.267 e. The highest BCUT2D eigenvalue weighted by Gasteiger charge is 2.21. The molecule has 86 valence electrons. The molecule has 0 radical (unpaired) electrons. The third kappa shape index (κ3) is 6.34. The zero-order valence-electron chi connectivity index (χ0n) is 8.65. The molecule has 0 aromatic carbocycles. The Morgan fingerprint density at radius 2 is 1.79 bits per heavy atom. The summed E-state index contributed by atoms with van der Waals surface area (Å²) < 4.78 is 30.5. The van der Waals surface area contributed by atoms with Gasteiger partial charge in [0.25, 0.3) is 10.1 Å². The van der Waals surface area contributed by atoms with Crippen LogP contribution in [0.2, 0.25) is 0 Å². The van der Waals surface area contributed by atoms with Gasteiger partial charge in [-0.15, -0.1) is 0 Å². The Hall–Kier alpha value is -0.130. The minimum Gasteiger partial charge on any atom is -0.396 e. The van der Waals surface area contributed by atoms with Gasteiger partial charge < -0.3 is 5.11 Å². The van der Waals surface area contributed by atoms with Crippen molar-refractivity contribution < 1.29 is 18.1 Å². The van der Waals surface area contributed by atoms with Crippen molar-refractivity contribution in [3.63, 3.8) is 0 Å². The molecule has 0 heterocycles. The lowest BCUT2D eigenvalue weighted by Crippen LogP contribution is -2.21. The molecule has 0 fully saturated rings. The van der Waals surface area contributed by atoms with Crippen LogP contribution in [0.3, 0.4) is 0 Å². The number of rotatable bonds is 8. The van der Waals surface area contributed by atoms with Crippen LogP contribution in [0.15, 0.2) is 0 Å². The van der Waals surface area contributed by atoms with Crippen LogP contribution in [0.25, 0.3) is 0 Å². The van der Waals surface area contributed by atoms with E-state index in [1.807, 2.05) is 0 Å². The molecule has 0 aliphatic rings. The van der Waals surface area contributed by atoms with Gasteiger partial charge in [0.15, 0.2) is 0 Å². The monoisotopic (exact) mass is 224 g/mol. The van der Waals surface area contributed by atoms with Crippen molar-refractivity contribution in [2.45, 2.75) is 50.7 Å². The summed E-state index contributed by atoms with van der Waals surface area (Å²) >= 11 is 0. The molecule has 1 unspecified atom stereocenters. The summed E-state index contributed by atoms with van der Waals surface area (Å²) in [4.78, 5) is 0. The summed E-state index contributed by atoms with van der Waals surface area (Å²) in [6.45, 7) is 1.88. The quantitative estimate of drug-likeness (QED) is 0.485. The van der Waals surface area contributed by atoms with E-state index < -0.39 is 15.4 Å². The second-order valence-corrected chi connectivity index (χ2v) is 5.20. The number of aliphatic hydroxyl groups is 1. The molecular formula is C9H20O4S. The SMILES string of the molecule is CCCCCCC(CCO)S(=O)(=O)O. The van der Waals surface area contributed by atoms with Gasteiger partial charge in [-0.25, -0.2) is 0 Å². The second kappa shape index (κ2) is 7.20. The molecule has 0 rings (SSSR count). The lowest BCUT2D eigenvalue weighted by molar-refractivity contribution is 0.279. The highest BCUT2D eigenvalue weighted by Crippen LogP contribution is 2.14. The topological polar surface area (TPSA) is 74.6 Å². The Morgan fingerprint density at radius 3 is 2.21 bits per heavy atom. The van der Waals surface area contributed by atoms with Crippen LogP contribution in [-0.2, 0) is 10.1 Å². The van der Waals surface area contributed by atoms with Gasteiger partial charge in [-0.3, -0.25) is 4.55 Å². The molecule has 4 nitrogen and oxygen atoms in total. The fourth-order valence-corrected chi connectivity index (χ4v) is 2.25. The Kier molecular flexibility index (Phi) is 7.13. The van der Waals surface area contributed by atoms with E-state index in [0.717, 1.165) is 25.7 Å². The first-order valence-electron chi connectivity index (χ1n) is 5.09. The summed E-state index contributed by atoms with van der Waals surface area (Å²) in [5.74, 6) is 0. The Morgan fingerprint density at radius 1 is 1.14 bits per heavy atom. The van der Waals surface area contributed by atoms with Crippen molar-refractivity contribution in [3.8, 4) is 0 Å². The standard InChI is InChI=1S/C9H20O4S/c1-2-3-4-5-6-9(7-8-10)14(11,12)13/h9-10H,2-8H2,1H3,(H,11,12,13). The normalized spacial score (nSPS) is 14.2. The van der Waals surface area contributed by atoms with Crippen molar-refractivity contribution in [3.05, 3.63) is 0 Å². The molecule has 5 heteroatoms. The summed E-state index contributed by atoms with van der Waals surface area (Å²) in [6.07, 6.45) is 4.52. The molecule has 0 saturated heterocycles. The van der Waals surface area contributed by atoms with Crippen LogP contribution in [0.5, 0.6) is 0 Å². The van der Waals surface area contributed by atoms with Gasteiger partial charge in [0.05, 0.1) is 5.25 Å². The molecule has 0 spiro atoms. The summed E-state index contributed by atoms with van der Waals surface area (Å²) in [5.41, 5.74) is 0. The number of hydrogen-bond acceptors (Lipinski definition) is 3. The second-order valence-electron chi connectivity index (χ2n) is 3.50. The molecule has 0 saturated carbocycles. The fraction of sp³-hybridized carbons (Fsp3) is 1.00. The van der Waals surface area contributed by atoms with Crippen LogP contribution in [0.1, 0.15) is 45.4 Å². The average molecular weight is 224 g/mol. The first-order chi connectivity index (χ1) is 6.52. The van der Waals surface area contributed by atoms with Gasteiger partial charge >= 0.3 is 0 Å². The first-order valence-corrected chi connectivity index (χ1v) is 6.59. The lowest BCUT2D eigenvalue weighted by atomic mass is 10.1. The summed E-state index contributed by atoms with van der Waals surface area (Å²) in [6, 6.07) is 0. The number of aliphatic hydroxyl groups excluding tert-OH is 1. The Bertz CT molecular complexity index is 223. The Balaban J connectivity index is 3.87. The van der Waals surface area contributed by atoms with Crippen LogP contribution < -0.4 is 0 Å². The maximum absolute atomic E-state index is 10.8. The van der Waals surface area contributed by atoms with E-state index in [1.165, 1.54) is 0 Å². The van der Waals surface area contributed by atoms with Crippen LogP contribution in [0.4, 0.5) is 0 Å². The minimum absolute atomic E-state index is 0.130. The van der Waals surface area contributed by atoms with Crippen molar-refractivity contribution >= 4 is 10.1 Å². The molecule has 14 heavy (non-hydrogen) atoms. The van der Waals surface area contributed by atoms with E-state index in [1.54, 1.807) is 0 Å². The predicted octanol–water partition coefficient (Wildman–Crippen LogP) is 1.60. The molecule has 1 atom stereocenters. The predicted molar refractivity (Wildman–Crippen MR) is 55.8 cm³/mol. The fourth-order valence-electron chi connectivity index (χ4n) is 1.38. The highest BCUT2D eigenvalue weighted by atomic mass is 32.2. The highest BCUT2D eigenvalue weighted by molar-refractivity contribution is 7.86. The molecule has 0 aliphatic carbocycles. The number of unbranched alkanes of at least 4 members (excludes halogenated alkanes) is 3. The van der Waals surface area contributed by atoms with E-state index in [-0.39, 0.29) is 13.0 Å². The molecule has 0 aromatic heterocycles. The van der Waals surface area contributed by atoms with E-state index in [4.69, 9.17) is 9.66 Å². The molecule has 2 N–H and O–H groups in total. The lowest BCUT2D eigenvalue weighted by Gasteiger charge is -2.11. The third-order valence-electron chi connectivity index (χ3n) is 2.25. The summed E-state index contributed by atoms with van der Waals surface area (Å²) in [5, 5.41) is 7.84. The maximum atomic E-state index is 10.8. The minimum atomic E-state index is -3.97. The van der Waals surface area contributed by atoms with Gasteiger partial charge in [0, 0.05) is 6.61 Å². The molecule has 0 bridgehead atoms. The zero-order chi connectivity index (χ0) is 11.0. The van der Waals surface area contributed by atoms with Gasteiger partial charge in [0.2, 0.25) is 0 Å². The smallest absolute Gasteiger partial charge is 0.267 e. The van der Waals surface area contributed by atoms with Crippen molar-refractivity contribution in [2.75, 3.05) is 6.61 Å². The average Bonchev–Trinajstić information content (AvgIpc) is 2.08. The van der Waals surface area contributed by atoms with Crippen molar-refractivity contribution in [1.82, 2.24) is 0 Å². The van der Waals surface area contributed by atoms with Crippen LogP contribution in [-0.4, -0.2) is 29.9 Å². The van der Waals surface area contributed by atoms with Crippen molar-refractivity contribution in [2.24, 2.45) is 0 Å². The number of hydrogen-bond donors (Lipinski definition) is 2. The van der Waals surface area contributed by atoms with E-state index in [2.05, 4.69) is 6.92 Å². The molecule has 0 aliphatic heterocycles. The Labute approximate surface area is 86.1 Å². The van der Waals surface area contributed by atoms with Crippen molar-refractivity contribution in [1.29, 1.82) is 0 Å². The van der Waals surface area contributed by atoms with E-state index >= 15 is 0 Å². The van der Waals surface area contributed by atoms with Gasteiger partial charge in [-0.1, -0.05) is 32.6 Å². The largest absolute Gasteiger partial charge is 0.396 e.